The Labute approximate surface area is 148 Å². The van der Waals surface area contributed by atoms with Gasteiger partial charge >= 0.3 is 6.03 Å². The summed E-state index contributed by atoms with van der Waals surface area (Å²) < 4.78 is 1.82. The SMILES string of the molecule is Cn1cc(C[C@@H]2CCN(C(=O)NCCCc3ccc(O)cc3)C2)cn1. The molecule has 25 heavy (non-hydrogen) atoms. The molecule has 2 heterocycles. The molecule has 0 unspecified atom stereocenters. The lowest BCUT2D eigenvalue weighted by Gasteiger charge is -2.17. The molecule has 2 aromatic rings. The second-order valence-corrected chi connectivity index (χ2v) is 6.83. The average Bonchev–Trinajstić information content (AvgIpc) is 3.22. The van der Waals surface area contributed by atoms with Crippen LogP contribution >= 0.6 is 0 Å². The number of urea groups is 1. The van der Waals surface area contributed by atoms with Crippen LogP contribution in [-0.4, -0.2) is 45.5 Å². The van der Waals surface area contributed by atoms with E-state index in [4.69, 9.17) is 0 Å². The Morgan fingerprint density at radius 1 is 1.32 bits per heavy atom. The molecule has 0 radical (unpaired) electrons. The third-order valence-electron chi connectivity index (χ3n) is 4.71. The summed E-state index contributed by atoms with van der Waals surface area (Å²) in [4.78, 5) is 14.2. The molecular formula is C19H26N4O2. The predicted octanol–water partition coefficient (Wildman–Crippen LogP) is 2.33. The van der Waals surface area contributed by atoms with Crippen molar-refractivity contribution in [3.8, 4) is 5.75 Å². The number of likely N-dealkylation sites (tertiary alicyclic amines) is 1. The summed E-state index contributed by atoms with van der Waals surface area (Å²) in [7, 11) is 1.93. The van der Waals surface area contributed by atoms with Crippen molar-refractivity contribution in [2.24, 2.45) is 13.0 Å². The van der Waals surface area contributed by atoms with Crippen molar-refractivity contribution in [1.29, 1.82) is 0 Å². The Bertz CT molecular complexity index is 696. The summed E-state index contributed by atoms with van der Waals surface area (Å²) in [6, 6.07) is 7.27. The topological polar surface area (TPSA) is 70.4 Å². The standard InChI is InChI=1S/C19H26N4O2/c1-22-13-17(12-21-22)11-16-8-10-23(14-16)19(25)20-9-2-3-15-4-6-18(24)7-5-15/h4-7,12-13,16,24H,2-3,8-11,14H2,1H3,(H,20,25)/t16-/m0/s1. The van der Waals surface area contributed by atoms with Crippen LogP contribution < -0.4 is 5.32 Å². The van der Waals surface area contributed by atoms with E-state index in [2.05, 4.69) is 10.4 Å². The fourth-order valence-corrected chi connectivity index (χ4v) is 3.36. The first kappa shape index (κ1) is 17.3. The number of phenols is 1. The molecule has 1 aliphatic heterocycles. The molecule has 0 spiro atoms. The number of phenolic OH excluding ortho intramolecular Hbond substituents is 1. The minimum Gasteiger partial charge on any atom is -0.508 e. The molecule has 1 saturated heterocycles. The Kier molecular flexibility index (Phi) is 5.58. The maximum absolute atomic E-state index is 12.3. The van der Waals surface area contributed by atoms with Gasteiger partial charge in [-0.15, -0.1) is 0 Å². The van der Waals surface area contributed by atoms with Gasteiger partial charge in [-0.1, -0.05) is 12.1 Å². The molecule has 2 N–H and O–H groups in total. The zero-order valence-electron chi connectivity index (χ0n) is 14.7. The van der Waals surface area contributed by atoms with Gasteiger partial charge in [0.1, 0.15) is 5.75 Å². The van der Waals surface area contributed by atoms with Crippen molar-refractivity contribution in [3.63, 3.8) is 0 Å². The molecule has 1 aromatic carbocycles. The van der Waals surface area contributed by atoms with Gasteiger partial charge in [0.2, 0.25) is 0 Å². The number of benzene rings is 1. The summed E-state index contributed by atoms with van der Waals surface area (Å²) in [5.74, 6) is 0.805. The van der Waals surface area contributed by atoms with Crippen molar-refractivity contribution in [1.82, 2.24) is 20.0 Å². The van der Waals surface area contributed by atoms with Crippen LogP contribution in [0.3, 0.4) is 0 Å². The van der Waals surface area contributed by atoms with E-state index in [9.17, 15) is 9.90 Å². The van der Waals surface area contributed by atoms with Gasteiger partial charge in [0.05, 0.1) is 6.20 Å². The molecular weight excluding hydrogens is 316 g/mol. The zero-order valence-corrected chi connectivity index (χ0v) is 14.7. The molecule has 134 valence electrons. The highest BCUT2D eigenvalue weighted by atomic mass is 16.3. The number of nitrogens with one attached hydrogen (secondary N) is 1. The molecule has 1 fully saturated rings. The molecule has 6 nitrogen and oxygen atoms in total. The Hall–Kier alpha value is -2.50. The van der Waals surface area contributed by atoms with E-state index in [0.29, 0.717) is 12.5 Å². The van der Waals surface area contributed by atoms with Crippen LogP contribution in [0.4, 0.5) is 4.79 Å². The van der Waals surface area contributed by atoms with Gasteiger partial charge in [-0.25, -0.2) is 4.79 Å². The minimum atomic E-state index is 0.0411. The van der Waals surface area contributed by atoms with E-state index in [1.807, 2.05) is 41.2 Å². The second kappa shape index (κ2) is 8.05. The summed E-state index contributed by atoms with van der Waals surface area (Å²) >= 11 is 0. The number of amides is 2. The Morgan fingerprint density at radius 3 is 2.84 bits per heavy atom. The highest BCUT2D eigenvalue weighted by molar-refractivity contribution is 5.74. The van der Waals surface area contributed by atoms with Gasteiger partial charge in [0.15, 0.2) is 0 Å². The fraction of sp³-hybridized carbons (Fsp3) is 0.474. The van der Waals surface area contributed by atoms with Crippen molar-refractivity contribution in [2.45, 2.75) is 25.7 Å². The maximum Gasteiger partial charge on any atom is 0.317 e. The van der Waals surface area contributed by atoms with Gasteiger partial charge in [-0.05, 0) is 54.9 Å². The smallest absolute Gasteiger partial charge is 0.317 e. The molecule has 1 aliphatic rings. The van der Waals surface area contributed by atoms with E-state index in [1.165, 1.54) is 11.1 Å². The molecule has 2 amide bonds. The number of carbonyl (C=O) groups is 1. The lowest BCUT2D eigenvalue weighted by Crippen LogP contribution is -2.39. The van der Waals surface area contributed by atoms with Crippen molar-refractivity contribution in [2.75, 3.05) is 19.6 Å². The monoisotopic (exact) mass is 342 g/mol. The number of aromatic hydroxyl groups is 1. The molecule has 3 rings (SSSR count). The number of aryl methyl sites for hydroxylation is 2. The van der Waals surface area contributed by atoms with Crippen LogP contribution in [-0.2, 0) is 19.9 Å². The number of aromatic nitrogens is 2. The molecule has 0 aliphatic carbocycles. The van der Waals surface area contributed by atoms with Gasteiger partial charge in [-0.3, -0.25) is 4.68 Å². The van der Waals surface area contributed by atoms with Crippen LogP contribution in [0.2, 0.25) is 0 Å². The molecule has 0 saturated carbocycles. The lowest BCUT2D eigenvalue weighted by molar-refractivity contribution is 0.207. The quantitative estimate of drug-likeness (QED) is 0.792. The van der Waals surface area contributed by atoms with Crippen molar-refractivity contribution in [3.05, 3.63) is 47.8 Å². The molecule has 1 atom stereocenters. The Morgan fingerprint density at radius 2 is 2.12 bits per heavy atom. The first-order valence-electron chi connectivity index (χ1n) is 8.88. The summed E-state index contributed by atoms with van der Waals surface area (Å²) in [6.07, 6.45) is 7.78. The number of hydrogen-bond donors (Lipinski definition) is 2. The second-order valence-electron chi connectivity index (χ2n) is 6.83. The number of nitrogens with zero attached hydrogens (tertiary/aromatic N) is 3. The normalized spacial score (nSPS) is 17.0. The van der Waals surface area contributed by atoms with E-state index >= 15 is 0 Å². The Balaban J connectivity index is 1.35. The van der Waals surface area contributed by atoms with Gasteiger partial charge in [0.25, 0.3) is 0 Å². The number of rotatable bonds is 6. The van der Waals surface area contributed by atoms with Gasteiger partial charge in [0, 0.05) is 32.9 Å². The van der Waals surface area contributed by atoms with E-state index in [-0.39, 0.29) is 11.8 Å². The van der Waals surface area contributed by atoms with Crippen LogP contribution in [0.5, 0.6) is 5.75 Å². The van der Waals surface area contributed by atoms with Crippen LogP contribution in [0.25, 0.3) is 0 Å². The number of carbonyl (C=O) groups excluding carboxylic acids is 1. The van der Waals surface area contributed by atoms with Crippen LogP contribution in [0, 0.1) is 5.92 Å². The maximum atomic E-state index is 12.3. The van der Waals surface area contributed by atoms with E-state index < -0.39 is 0 Å². The van der Waals surface area contributed by atoms with Gasteiger partial charge < -0.3 is 15.3 Å². The van der Waals surface area contributed by atoms with Crippen LogP contribution in [0.1, 0.15) is 24.0 Å². The van der Waals surface area contributed by atoms with Gasteiger partial charge in [-0.2, -0.15) is 5.10 Å². The highest BCUT2D eigenvalue weighted by Crippen LogP contribution is 2.20. The minimum absolute atomic E-state index is 0.0411. The van der Waals surface area contributed by atoms with E-state index in [1.54, 1.807) is 12.1 Å². The first-order valence-corrected chi connectivity index (χ1v) is 8.88. The lowest BCUT2D eigenvalue weighted by atomic mass is 10.0. The third-order valence-corrected chi connectivity index (χ3v) is 4.71. The summed E-state index contributed by atoms with van der Waals surface area (Å²) in [5, 5.41) is 16.5. The summed E-state index contributed by atoms with van der Waals surface area (Å²) in [6.45, 7) is 2.32. The first-order chi connectivity index (χ1) is 12.1. The average molecular weight is 342 g/mol. The summed E-state index contributed by atoms with van der Waals surface area (Å²) in [5.41, 5.74) is 2.41. The predicted molar refractivity (Wildman–Crippen MR) is 96.4 cm³/mol. The van der Waals surface area contributed by atoms with E-state index in [0.717, 1.165) is 38.8 Å². The molecule has 0 bridgehead atoms. The third kappa shape index (κ3) is 4.98. The number of hydrogen-bond acceptors (Lipinski definition) is 3. The zero-order chi connectivity index (χ0) is 17.6. The van der Waals surface area contributed by atoms with Crippen molar-refractivity contribution >= 4 is 6.03 Å². The fourth-order valence-electron chi connectivity index (χ4n) is 3.36. The van der Waals surface area contributed by atoms with Crippen LogP contribution in [0.15, 0.2) is 36.7 Å². The highest BCUT2D eigenvalue weighted by Gasteiger charge is 2.26. The molecule has 1 aromatic heterocycles. The molecule has 6 heteroatoms. The van der Waals surface area contributed by atoms with Crippen molar-refractivity contribution < 1.29 is 9.90 Å². The largest absolute Gasteiger partial charge is 0.508 e.